The van der Waals surface area contributed by atoms with E-state index in [2.05, 4.69) is 21.2 Å². The van der Waals surface area contributed by atoms with Gasteiger partial charge in [-0.15, -0.1) is 0 Å². The van der Waals surface area contributed by atoms with Crippen LogP contribution in [0.5, 0.6) is 5.75 Å². The van der Waals surface area contributed by atoms with Crippen LogP contribution in [0.3, 0.4) is 0 Å². The summed E-state index contributed by atoms with van der Waals surface area (Å²) in [4.78, 5) is 22.7. The average molecular weight is 360 g/mol. The maximum Gasteiger partial charge on any atom is 0.305 e. The van der Waals surface area contributed by atoms with Crippen LogP contribution in [-0.4, -0.2) is 42.8 Å². The molecule has 21 heavy (non-hydrogen) atoms. The standard InChI is InChI=1S/C14H18BrNO5/c1-14(9-20-2,7-13(18)19)16-12(17)8-21-11-5-3-4-10(15)6-11/h3-6H,7-9H2,1-2H3,(H,16,17)(H,18,19). The van der Waals surface area contributed by atoms with Gasteiger partial charge in [0, 0.05) is 11.6 Å². The van der Waals surface area contributed by atoms with E-state index in [0.29, 0.717) is 5.75 Å². The summed E-state index contributed by atoms with van der Waals surface area (Å²) in [6, 6.07) is 7.09. The number of amides is 1. The number of hydrogen-bond donors (Lipinski definition) is 2. The van der Waals surface area contributed by atoms with Crippen molar-refractivity contribution in [2.45, 2.75) is 18.9 Å². The van der Waals surface area contributed by atoms with Crippen LogP contribution in [0, 0.1) is 0 Å². The molecule has 0 aromatic heterocycles. The Hall–Kier alpha value is -1.60. The first-order chi connectivity index (χ1) is 9.84. The predicted octanol–water partition coefficient (Wildman–Crippen LogP) is 1.82. The summed E-state index contributed by atoms with van der Waals surface area (Å²) in [5, 5.41) is 11.5. The van der Waals surface area contributed by atoms with Crippen LogP contribution in [0.4, 0.5) is 0 Å². The van der Waals surface area contributed by atoms with Crippen LogP contribution >= 0.6 is 15.9 Å². The third-order valence-electron chi connectivity index (χ3n) is 2.61. The van der Waals surface area contributed by atoms with Gasteiger partial charge < -0.3 is 19.9 Å². The molecule has 0 saturated carbocycles. The van der Waals surface area contributed by atoms with E-state index in [1.807, 2.05) is 6.07 Å². The normalized spacial score (nSPS) is 13.3. The third-order valence-corrected chi connectivity index (χ3v) is 3.10. The van der Waals surface area contributed by atoms with E-state index >= 15 is 0 Å². The van der Waals surface area contributed by atoms with Crippen LogP contribution < -0.4 is 10.1 Å². The number of carboxylic acid groups (broad SMARTS) is 1. The molecule has 0 fully saturated rings. The molecular weight excluding hydrogens is 342 g/mol. The lowest BCUT2D eigenvalue weighted by molar-refractivity contribution is -0.139. The first kappa shape index (κ1) is 17.5. The highest BCUT2D eigenvalue weighted by atomic mass is 79.9. The van der Waals surface area contributed by atoms with Crippen molar-refractivity contribution in [3.63, 3.8) is 0 Å². The highest BCUT2D eigenvalue weighted by Crippen LogP contribution is 2.17. The second-order valence-electron chi connectivity index (χ2n) is 4.86. The van der Waals surface area contributed by atoms with E-state index in [4.69, 9.17) is 14.6 Å². The van der Waals surface area contributed by atoms with Gasteiger partial charge in [0.15, 0.2) is 6.61 Å². The Morgan fingerprint density at radius 2 is 2.14 bits per heavy atom. The van der Waals surface area contributed by atoms with E-state index in [9.17, 15) is 9.59 Å². The maximum absolute atomic E-state index is 11.9. The first-order valence-electron chi connectivity index (χ1n) is 6.25. The molecule has 2 N–H and O–H groups in total. The van der Waals surface area contributed by atoms with Gasteiger partial charge >= 0.3 is 5.97 Å². The number of ether oxygens (including phenoxy) is 2. The summed E-state index contributed by atoms with van der Waals surface area (Å²) >= 11 is 3.30. The van der Waals surface area contributed by atoms with Crippen molar-refractivity contribution in [3.8, 4) is 5.75 Å². The Bertz CT molecular complexity index is 508. The van der Waals surface area contributed by atoms with Crippen LogP contribution in [0.25, 0.3) is 0 Å². The lowest BCUT2D eigenvalue weighted by Gasteiger charge is -2.28. The Balaban J connectivity index is 2.56. The summed E-state index contributed by atoms with van der Waals surface area (Å²) in [5.74, 6) is -0.871. The Morgan fingerprint density at radius 1 is 1.43 bits per heavy atom. The molecule has 1 amide bonds. The highest BCUT2D eigenvalue weighted by Gasteiger charge is 2.29. The topological polar surface area (TPSA) is 84.9 Å². The molecule has 0 radical (unpaired) electrons. The van der Waals surface area contributed by atoms with Crippen molar-refractivity contribution >= 4 is 27.8 Å². The largest absolute Gasteiger partial charge is 0.484 e. The summed E-state index contributed by atoms with van der Waals surface area (Å²) in [6.45, 7) is 1.51. The van der Waals surface area contributed by atoms with E-state index in [1.165, 1.54) is 7.11 Å². The second kappa shape index (κ2) is 7.99. The van der Waals surface area contributed by atoms with Crippen molar-refractivity contribution < 1.29 is 24.2 Å². The molecular formula is C14H18BrNO5. The van der Waals surface area contributed by atoms with Crippen molar-refractivity contribution in [1.29, 1.82) is 0 Å². The fraction of sp³-hybridized carbons (Fsp3) is 0.429. The Kier molecular flexibility index (Phi) is 6.64. The van der Waals surface area contributed by atoms with Gasteiger partial charge in [0.1, 0.15) is 5.75 Å². The molecule has 0 aliphatic heterocycles. The SMILES string of the molecule is COCC(C)(CC(=O)O)NC(=O)COc1cccc(Br)c1. The number of benzene rings is 1. The number of hydrogen-bond acceptors (Lipinski definition) is 4. The van der Waals surface area contributed by atoms with Crippen LogP contribution in [-0.2, 0) is 14.3 Å². The van der Waals surface area contributed by atoms with E-state index < -0.39 is 17.4 Å². The molecule has 0 bridgehead atoms. The van der Waals surface area contributed by atoms with E-state index in [-0.39, 0.29) is 19.6 Å². The molecule has 0 aliphatic rings. The maximum atomic E-state index is 11.9. The number of halogens is 1. The lowest BCUT2D eigenvalue weighted by Crippen LogP contribution is -2.52. The van der Waals surface area contributed by atoms with Gasteiger partial charge in [-0.2, -0.15) is 0 Å². The van der Waals surface area contributed by atoms with Crippen LogP contribution in [0.2, 0.25) is 0 Å². The van der Waals surface area contributed by atoms with Gasteiger partial charge in [0.05, 0.1) is 18.6 Å². The van der Waals surface area contributed by atoms with Crippen LogP contribution in [0.15, 0.2) is 28.7 Å². The smallest absolute Gasteiger partial charge is 0.305 e. The molecule has 0 spiro atoms. The molecule has 1 rings (SSSR count). The summed E-state index contributed by atoms with van der Waals surface area (Å²) < 4.78 is 11.2. The van der Waals surface area contributed by atoms with Gasteiger partial charge in [-0.25, -0.2) is 0 Å². The number of carboxylic acids is 1. The predicted molar refractivity (Wildman–Crippen MR) is 80.3 cm³/mol. The molecule has 116 valence electrons. The number of methoxy groups -OCH3 is 1. The minimum Gasteiger partial charge on any atom is -0.484 e. The van der Waals surface area contributed by atoms with Gasteiger partial charge in [-0.05, 0) is 25.1 Å². The molecule has 1 aromatic carbocycles. The monoisotopic (exact) mass is 359 g/mol. The molecule has 1 unspecified atom stereocenters. The summed E-state index contributed by atoms with van der Waals surface area (Å²) in [5.41, 5.74) is -0.974. The summed E-state index contributed by atoms with van der Waals surface area (Å²) in [7, 11) is 1.45. The number of carbonyl (C=O) groups excluding carboxylic acids is 1. The molecule has 7 heteroatoms. The number of carbonyl (C=O) groups is 2. The highest BCUT2D eigenvalue weighted by molar-refractivity contribution is 9.10. The Morgan fingerprint density at radius 3 is 2.71 bits per heavy atom. The van der Waals surface area contributed by atoms with Crippen molar-refractivity contribution in [3.05, 3.63) is 28.7 Å². The minimum atomic E-state index is -1.01. The fourth-order valence-corrected chi connectivity index (χ4v) is 2.24. The quantitative estimate of drug-likeness (QED) is 0.739. The molecule has 0 aliphatic carbocycles. The van der Waals surface area contributed by atoms with Gasteiger partial charge in [0.25, 0.3) is 5.91 Å². The van der Waals surface area contributed by atoms with E-state index in [1.54, 1.807) is 25.1 Å². The Labute approximate surface area is 131 Å². The van der Waals surface area contributed by atoms with Crippen molar-refractivity contribution in [2.24, 2.45) is 0 Å². The van der Waals surface area contributed by atoms with Crippen molar-refractivity contribution in [1.82, 2.24) is 5.32 Å². The zero-order chi connectivity index (χ0) is 15.9. The average Bonchev–Trinajstić information content (AvgIpc) is 2.35. The van der Waals surface area contributed by atoms with Gasteiger partial charge in [0.2, 0.25) is 0 Å². The van der Waals surface area contributed by atoms with Crippen molar-refractivity contribution in [2.75, 3.05) is 20.3 Å². The van der Waals surface area contributed by atoms with Gasteiger partial charge in [-0.3, -0.25) is 9.59 Å². The van der Waals surface area contributed by atoms with Crippen LogP contribution in [0.1, 0.15) is 13.3 Å². The number of rotatable bonds is 8. The zero-order valence-electron chi connectivity index (χ0n) is 11.9. The molecule has 1 aromatic rings. The minimum absolute atomic E-state index is 0.0991. The zero-order valence-corrected chi connectivity index (χ0v) is 13.5. The van der Waals surface area contributed by atoms with Gasteiger partial charge in [-0.1, -0.05) is 22.0 Å². The lowest BCUT2D eigenvalue weighted by atomic mass is 9.99. The second-order valence-corrected chi connectivity index (χ2v) is 5.77. The molecule has 6 nitrogen and oxygen atoms in total. The number of aliphatic carboxylic acids is 1. The molecule has 0 heterocycles. The summed E-state index contributed by atoms with van der Waals surface area (Å²) in [6.07, 6.45) is -0.233. The van der Waals surface area contributed by atoms with E-state index in [0.717, 1.165) is 4.47 Å². The fourth-order valence-electron chi connectivity index (χ4n) is 1.86. The number of nitrogens with one attached hydrogen (secondary N) is 1. The third kappa shape index (κ3) is 6.59. The molecule has 0 saturated heterocycles. The first-order valence-corrected chi connectivity index (χ1v) is 7.04. The molecule has 1 atom stereocenters.